The van der Waals surface area contributed by atoms with Gasteiger partial charge in [-0.3, -0.25) is 4.79 Å². The summed E-state index contributed by atoms with van der Waals surface area (Å²) < 4.78 is 11.3. The van der Waals surface area contributed by atoms with Gasteiger partial charge in [-0.15, -0.1) is 0 Å². The minimum absolute atomic E-state index is 0.101. The third-order valence-electron chi connectivity index (χ3n) is 5.84. The van der Waals surface area contributed by atoms with Crippen LogP contribution in [0.25, 0.3) is 10.9 Å². The zero-order chi connectivity index (χ0) is 24.4. The maximum absolute atomic E-state index is 13.3. The number of carbonyl (C=O) groups excluding carboxylic acids is 1. The summed E-state index contributed by atoms with van der Waals surface area (Å²) in [6, 6.07) is 20.0. The monoisotopic (exact) mass is 489 g/mol. The molecule has 1 aliphatic rings. The highest BCUT2D eigenvalue weighted by Gasteiger charge is 2.19. The van der Waals surface area contributed by atoms with Crippen molar-refractivity contribution in [3.8, 4) is 11.5 Å². The van der Waals surface area contributed by atoms with E-state index in [2.05, 4.69) is 10.3 Å². The van der Waals surface area contributed by atoms with Gasteiger partial charge in [-0.25, -0.2) is 4.79 Å². The van der Waals surface area contributed by atoms with Gasteiger partial charge in [0.2, 0.25) is 0 Å². The van der Waals surface area contributed by atoms with Crippen LogP contribution in [0.5, 0.6) is 11.5 Å². The van der Waals surface area contributed by atoms with Crippen molar-refractivity contribution in [1.82, 2.24) is 9.88 Å². The third-order valence-corrected chi connectivity index (χ3v) is 6.17. The highest BCUT2D eigenvalue weighted by molar-refractivity contribution is 6.33. The number of para-hydroxylation sites is 1. The molecule has 0 saturated carbocycles. The first-order valence-corrected chi connectivity index (χ1v) is 11.7. The number of ether oxygens (including phenoxy) is 2. The molecule has 1 aliphatic heterocycles. The molecule has 0 atom stereocenters. The molecule has 35 heavy (non-hydrogen) atoms. The van der Waals surface area contributed by atoms with Crippen LogP contribution in [-0.2, 0) is 13.1 Å². The number of pyridine rings is 1. The average Bonchev–Trinajstić information content (AvgIpc) is 2.85. The van der Waals surface area contributed by atoms with E-state index in [0.717, 1.165) is 16.5 Å². The van der Waals surface area contributed by atoms with Crippen molar-refractivity contribution in [2.75, 3.05) is 18.5 Å². The molecule has 4 aromatic rings. The van der Waals surface area contributed by atoms with Gasteiger partial charge >= 0.3 is 6.03 Å². The van der Waals surface area contributed by atoms with Crippen LogP contribution in [0.15, 0.2) is 71.5 Å². The zero-order valence-corrected chi connectivity index (χ0v) is 19.9. The predicted octanol–water partition coefficient (Wildman–Crippen LogP) is 5.50. The zero-order valence-electron chi connectivity index (χ0n) is 19.1. The van der Waals surface area contributed by atoms with Crippen molar-refractivity contribution >= 4 is 34.2 Å². The van der Waals surface area contributed by atoms with Gasteiger partial charge in [-0.1, -0.05) is 53.6 Å². The van der Waals surface area contributed by atoms with Gasteiger partial charge in [0.15, 0.2) is 11.5 Å². The molecule has 8 heteroatoms. The normalized spacial score (nSPS) is 12.4. The number of nitrogens with zero attached hydrogens (tertiary/aromatic N) is 1. The lowest BCUT2D eigenvalue weighted by molar-refractivity contribution is 0.172. The van der Waals surface area contributed by atoms with Crippen LogP contribution in [0.1, 0.15) is 16.7 Å². The van der Waals surface area contributed by atoms with Crippen LogP contribution in [0.2, 0.25) is 5.02 Å². The quantitative estimate of drug-likeness (QED) is 0.388. The Labute approximate surface area is 207 Å². The number of nitrogens with one attached hydrogen (secondary N) is 2. The Morgan fingerprint density at radius 3 is 2.46 bits per heavy atom. The number of benzene rings is 3. The third kappa shape index (κ3) is 5.10. The second kappa shape index (κ2) is 9.72. The minimum Gasteiger partial charge on any atom is -0.486 e. The largest absolute Gasteiger partial charge is 0.486 e. The number of aryl methyl sites for hydroxylation is 1. The van der Waals surface area contributed by atoms with Gasteiger partial charge in [0.25, 0.3) is 5.56 Å². The van der Waals surface area contributed by atoms with Gasteiger partial charge in [0, 0.05) is 23.6 Å². The smallest absolute Gasteiger partial charge is 0.322 e. The highest BCUT2D eigenvalue weighted by Crippen LogP contribution is 2.33. The Hall–Kier alpha value is -3.97. The van der Waals surface area contributed by atoms with Crippen LogP contribution in [0.3, 0.4) is 0 Å². The van der Waals surface area contributed by atoms with Crippen molar-refractivity contribution in [2.24, 2.45) is 0 Å². The molecule has 7 nitrogen and oxygen atoms in total. The first-order valence-electron chi connectivity index (χ1n) is 11.3. The maximum Gasteiger partial charge on any atom is 0.322 e. The van der Waals surface area contributed by atoms with E-state index in [-0.39, 0.29) is 18.1 Å². The molecule has 0 aliphatic carbocycles. The minimum atomic E-state index is -0.361. The molecule has 0 radical (unpaired) electrons. The van der Waals surface area contributed by atoms with E-state index in [9.17, 15) is 9.59 Å². The lowest BCUT2D eigenvalue weighted by Gasteiger charge is -2.24. The van der Waals surface area contributed by atoms with E-state index < -0.39 is 0 Å². The number of hydrogen-bond acceptors (Lipinski definition) is 4. The van der Waals surface area contributed by atoms with Crippen LogP contribution in [0, 0.1) is 6.92 Å². The van der Waals surface area contributed by atoms with E-state index in [4.69, 9.17) is 21.1 Å². The predicted molar refractivity (Wildman–Crippen MR) is 136 cm³/mol. The van der Waals surface area contributed by atoms with E-state index in [0.29, 0.717) is 53.0 Å². The number of rotatable bonds is 5. The van der Waals surface area contributed by atoms with Gasteiger partial charge in [0.1, 0.15) is 13.2 Å². The van der Waals surface area contributed by atoms with Gasteiger partial charge in [-0.05, 0) is 36.8 Å². The molecular weight excluding hydrogens is 466 g/mol. The van der Waals surface area contributed by atoms with Crippen molar-refractivity contribution in [2.45, 2.75) is 20.0 Å². The number of aromatic nitrogens is 1. The summed E-state index contributed by atoms with van der Waals surface area (Å²) in [6.45, 7) is 3.36. The number of fused-ring (bicyclic) bond motifs is 2. The molecular formula is C27H24ClN3O4. The fourth-order valence-electron chi connectivity index (χ4n) is 3.98. The molecule has 0 fully saturated rings. The molecule has 0 saturated heterocycles. The summed E-state index contributed by atoms with van der Waals surface area (Å²) in [4.78, 5) is 30.8. The number of urea groups is 1. The molecule has 0 spiro atoms. The summed E-state index contributed by atoms with van der Waals surface area (Å²) >= 11 is 6.25. The summed E-state index contributed by atoms with van der Waals surface area (Å²) in [5, 5.41) is 4.10. The second-order valence-electron chi connectivity index (χ2n) is 8.46. The van der Waals surface area contributed by atoms with Crippen LogP contribution >= 0.6 is 11.6 Å². The molecule has 2 amide bonds. The Kier molecular flexibility index (Phi) is 6.33. The number of anilines is 1. The Bertz CT molecular complexity index is 1450. The van der Waals surface area contributed by atoms with Gasteiger partial charge < -0.3 is 24.7 Å². The lowest BCUT2D eigenvalue weighted by atomic mass is 10.1. The first kappa shape index (κ1) is 22.8. The summed E-state index contributed by atoms with van der Waals surface area (Å²) in [5.74, 6) is 1.24. The van der Waals surface area contributed by atoms with E-state index in [1.807, 2.05) is 37.3 Å². The lowest BCUT2D eigenvalue weighted by Crippen LogP contribution is -2.35. The van der Waals surface area contributed by atoms with Crippen LogP contribution < -0.4 is 20.3 Å². The van der Waals surface area contributed by atoms with Crippen LogP contribution in [-0.4, -0.2) is 29.1 Å². The molecule has 0 unspecified atom stereocenters. The molecule has 2 N–H and O–H groups in total. The number of amides is 2. The average molecular weight is 490 g/mol. The van der Waals surface area contributed by atoms with Crippen molar-refractivity contribution in [1.29, 1.82) is 0 Å². The van der Waals surface area contributed by atoms with Gasteiger partial charge in [-0.2, -0.15) is 0 Å². The number of H-pyrrole nitrogens is 1. The Morgan fingerprint density at radius 1 is 1.00 bits per heavy atom. The topological polar surface area (TPSA) is 83.7 Å². The Morgan fingerprint density at radius 2 is 1.71 bits per heavy atom. The van der Waals surface area contributed by atoms with E-state index in [1.165, 1.54) is 0 Å². The van der Waals surface area contributed by atoms with E-state index in [1.54, 1.807) is 41.3 Å². The SMILES string of the molecule is Cc1ccc(CN(Cc2cc3cc4c(cc3[nH]c2=O)OCCO4)C(=O)Nc2ccccc2Cl)cc1. The van der Waals surface area contributed by atoms with Crippen LogP contribution in [0.4, 0.5) is 10.5 Å². The Balaban J connectivity index is 1.47. The van der Waals surface area contributed by atoms with E-state index >= 15 is 0 Å². The molecule has 0 bridgehead atoms. The number of halogens is 1. The number of hydrogen-bond donors (Lipinski definition) is 2. The molecule has 2 heterocycles. The number of aromatic amines is 1. The molecule has 3 aromatic carbocycles. The van der Waals surface area contributed by atoms with Crippen molar-refractivity contribution in [3.63, 3.8) is 0 Å². The first-order chi connectivity index (χ1) is 17.0. The fourth-order valence-corrected chi connectivity index (χ4v) is 4.16. The number of carbonyl (C=O) groups is 1. The molecule has 1 aromatic heterocycles. The van der Waals surface area contributed by atoms with Gasteiger partial charge in [0.05, 0.1) is 22.8 Å². The summed E-state index contributed by atoms with van der Waals surface area (Å²) in [7, 11) is 0. The second-order valence-corrected chi connectivity index (χ2v) is 8.87. The summed E-state index contributed by atoms with van der Waals surface area (Å²) in [5.41, 5.74) is 3.41. The maximum atomic E-state index is 13.3. The fraction of sp³-hybridized carbons (Fsp3) is 0.185. The standard InChI is InChI=1S/C27H24ClN3O4/c1-17-6-8-18(9-7-17)15-31(27(33)30-22-5-3-2-4-21(22)28)16-20-12-19-13-24-25(35-11-10-34-24)14-23(19)29-26(20)32/h2-9,12-14H,10-11,15-16H2,1H3,(H,29,32)(H,30,33). The van der Waals surface area contributed by atoms with Crippen molar-refractivity contribution in [3.05, 3.63) is 98.8 Å². The molecule has 5 rings (SSSR count). The highest BCUT2D eigenvalue weighted by atomic mass is 35.5. The summed E-state index contributed by atoms with van der Waals surface area (Å²) in [6.07, 6.45) is 0. The molecule has 178 valence electrons. The van der Waals surface area contributed by atoms with Crippen molar-refractivity contribution < 1.29 is 14.3 Å².